The van der Waals surface area contributed by atoms with E-state index in [0.29, 0.717) is 18.0 Å². The molecule has 1 saturated heterocycles. The number of carboxylic acid groups (broad SMARTS) is 1. The van der Waals surface area contributed by atoms with E-state index in [-0.39, 0.29) is 5.92 Å². The lowest BCUT2D eigenvalue weighted by Gasteiger charge is -2.23. The molecule has 3 heterocycles. The number of nitrogens with zero attached hydrogens (tertiary/aromatic N) is 5. The van der Waals surface area contributed by atoms with E-state index in [1.165, 1.54) is 0 Å². The summed E-state index contributed by atoms with van der Waals surface area (Å²) in [6.07, 6.45) is 2.74. The van der Waals surface area contributed by atoms with Crippen molar-refractivity contribution in [2.75, 3.05) is 18.0 Å². The summed E-state index contributed by atoms with van der Waals surface area (Å²) in [4.78, 5) is 14.0. The molecule has 5 rings (SSSR count). The number of aliphatic carboxylic acids is 1. The van der Waals surface area contributed by atoms with Crippen LogP contribution in [0.1, 0.15) is 19.3 Å². The van der Waals surface area contributed by atoms with Gasteiger partial charge in [-0.1, -0.05) is 36.8 Å². The Morgan fingerprint density at radius 2 is 2.00 bits per heavy atom. The first kappa shape index (κ1) is 15.3. The Labute approximate surface area is 150 Å². The Balaban J connectivity index is 1.54. The number of carbonyl (C=O) groups is 1. The molecule has 1 N–H and O–H groups in total. The van der Waals surface area contributed by atoms with E-state index in [2.05, 4.69) is 15.1 Å². The zero-order valence-corrected chi connectivity index (χ0v) is 14.2. The summed E-state index contributed by atoms with van der Waals surface area (Å²) < 4.78 is 1.74. The molecule has 1 aromatic carbocycles. The molecule has 3 aromatic rings. The van der Waals surface area contributed by atoms with Crippen molar-refractivity contribution in [3.63, 3.8) is 0 Å². The Kier molecular flexibility index (Phi) is 3.25. The predicted molar refractivity (Wildman–Crippen MR) is 95.8 cm³/mol. The van der Waals surface area contributed by atoms with Gasteiger partial charge in [0.2, 0.25) is 0 Å². The van der Waals surface area contributed by atoms with E-state index in [1.54, 1.807) is 4.52 Å². The average Bonchev–Trinajstić information content (AvgIpc) is 3.34. The summed E-state index contributed by atoms with van der Waals surface area (Å²) in [6.45, 7) is 1.27. The van der Waals surface area contributed by atoms with Gasteiger partial charge in [-0.2, -0.15) is 4.52 Å². The largest absolute Gasteiger partial charge is 0.481 e. The molecule has 2 fully saturated rings. The molecule has 26 heavy (non-hydrogen) atoms. The van der Waals surface area contributed by atoms with Crippen LogP contribution in [0.4, 0.5) is 5.82 Å². The van der Waals surface area contributed by atoms with Crippen molar-refractivity contribution in [2.24, 2.45) is 11.3 Å². The van der Waals surface area contributed by atoms with Crippen LogP contribution in [0.3, 0.4) is 0 Å². The van der Waals surface area contributed by atoms with Gasteiger partial charge in [-0.3, -0.25) is 4.79 Å². The van der Waals surface area contributed by atoms with Crippen molar-refractivity contribution >= 4 is 17.4 Å². The van der Waals surface area contributed by atoms with E-state index in [9.17, 15) is 9.90 Å². The van der Waals surface area contributed by atoms with Crippen LogP contribution < -0.4 is 4.90 Å². The van der Waals surface area contributed by atoms with Gasteiger partial charge in [-0.25, -0.2) is 0 Å². The highest BCUT2D eigenvalue weighted by molar-refractivity contribution is 5.78. The Hall–Kier alpha value is -2.96. The molecule has 1 saturated carbocycles. The Morgan fingerprint density at radius 3 is 2.77 bits per heavy atom. The van der Waals surface area contributed by atoms with E-state index < -0.39 is 11.4 Å². The third kappa shape index (κ3) is 2.13. The molecule has 1 aliphatic heterocycles. The molecular weight excluding hydrogens is 330 g/mol. The third-order valence-electron chi connectivity index (χ3n) is 5.90. The Morgan fingerprint density at radius 1 is 1.15 bits per heavy atom. The fourth-order valence-electron chi connectivity index (χ4n) is 4.53. The molecule has 1 aliphatic carbocycles. The topological polar surface area (TPSA) is 83.6 Å². The summed E-state index contributed by atoms with van der Waals surface area (Å²) in [6, 6.07) is 13.6. The van der Waals surface area contributed by atoms with Crippen LogP contribution in [0.5, 0.6) is 0 Å². The number of carboxylic acids is 1. The van der Waals surface area contributed by atoms with Gasteiger partial charge in [-0.05, 0) is 30.9 Å². The maximum absolute atomic E-state index is 11.9. The van der Waals surface area contributed by atoms with Crippen molar-refractivity contribution in [2.45, 2.75) is 19.3 Å². The summed E-state index contributed by atoms with van der Waals surface area (Å²) in [7, 11) is 0. The van der Waals surface area contributed by atoms with E-state index in [0.717, 1.165) is 37.2 Å². The van der Waals surface area contributed by atoms with Crippen molar-refractivity contribution in [1.29, 1.82) is 0 Å². The third-order valence-corrected chi connectivity index (χ3v) is 5.90. The summed E-state index contributed by atoms with van der Waals surface area (Å²) >= 11 is 0. The molecule has 2 aromatic heterocycles. The van der Waals surface area contributed by atoms with Crippen molar-refractivity contribution in [1.82, 2.24) is 19.8 Å². The zero-order valence-electron chi connectivity index (χ0n) is 14.2. The highest BCUT2D eigenvalue weighted by Gasteiger charge is 2.55. The summed E-state index contributed by atoms with van der Waals surface area (Å²) in [5, 5.41) is 23.0. The van der Waals surface area contributed by atoms with E-state index >= 15 is 0 Å². The summed E-state index contributed by atoms with van der Waals surface area (Å²) in [5.74, 6) is 1.00. The minimum Gasteiger partial charge on any atom is -0.481 e. The highest BCUT2D eigenvalue weighted by atomic mass is 16.4. The number of hydrogen-bond acceptors (Lipinski definition) is 5. The van der Waals surface area contributed by atoms with Crippen LogP contribution in [0.25, 0.3) is 17.0 Å². The van der Waals surface area contributed by atoms with Gasteiger partial charge in [0.15, 0.2) is 11.5 Å². The first-order valence-corrected chi connectivity index (χ1v) is 8.94. The van der Waals surface area contributed by atoms with Crippen molar-refractivity contribution in [3.8, 4) is 11.4 Å². The lowest BCUT2D eigenvalue weighted by molar-refractivity contribution is -0.149. The predicted octanol–water partition coefficient (Wildman–Crippen LogP) is 2.48. The zero-order chi connectivity index (χ0) is 17.7. The maximum atomic E-state index is 11.9. The van der Waals surface area contributed by atoms with Gasteiger partial charge in [0.1, 0.15) is 5.82 Å². The second kappa shape index (κ2) is 5.52. The molecule has 0 radical (unpaired) electrons. The normalized spacial score (nSPS) is 24.9. The lowest BCUT2D eigenvalue weighted by atomic mass is 9.81. The number of hydrogen-bond donors (Lipinski definition) is 1. The number of rotatable bonds is 3. The summed E-state index contributed by atoms with van der Waals surface area (Å²) in [5.41, 5.74) is 1.01. The van der Waals surface area contributed by atoms with E-state index in [4.69, 9.17) is 5.10 Å². The number of fused-ring (bicyclic) bond motifs is 2. The van der Waals surface area contributed by atoms with Crippen LogP contribution in [-0.2, 0) is 4.79 Å². The minimum atomic E-state index is -0.669. The van der Waals surface area contributed by atoms with Gasteiger partial charge in [0.05, 0.1) is 5.41 Å². The smallest absolute Gasteiger partial charge is 0.311 e. The fourth-order valence-corrected chi connectivity index (χ4v) is 4.53. The number of benzene rings is 1. The maximum Gasteiger partial charge on any atom is 0.311 e. The van der Waals surface area contributed by atoms with E-state index in [1.807, 2.05) is 42.5 Å². The van der Waals surface area contributed by atoms with Crippen molar-refractivity contribution < 1.29 is 9.90 Å². The van der Waals surface area contributed by atoms with Crippen LogP contribution in [-0.4, -0.2) is 44.0 Å². The van der Waals surface area contributed by atoms with Gasteiger partial charge < -0.3 is 10.0 Å². The molecule has 0 spiro atoms. The molecule has 0 bridgehead atoms. The molecule has 7 nitrogen and oxygen atoms in total. The quantitative estimate of drug-likeness (QED) is 0.782. The van der Waals surface area contributed by atoms with Crippen LogP contribution in [0.15, 0.2) is 42.5 Å². The monoisotopic (exact) mass is 349 g/mol. The average molecular weight is 349 g/mol. The van der Waals surface area contributed by atoms with Crippen LogP contribution in [0, 0.1) is 11.3 Å². The fraction of sp³-hybridized carbons (Fsp3) is 0.368. The van der Waals surface area contributed by atoms with Gasteiger partial charge in [0.25, 0.3) is 0 Å². The van der Waals surface area contributed by atoms with Gasteiger partial charge in [-0.15, -0.1) is 15.3 Å². The van der Waals surface area contributed by atoms with Gasteiger partial charge >= 0.3 is 5.97 Å². The van der Waals surface area contributed by atoms with Gasteiger partial charge in [0, 0.05) is 18.7 Å². The second-order valence-electron chi connectivity index (χ2n) is 7.28. The molecule has 132 valence electrons. The lowest BCUT2D eigenvalue weighted by Crippen LogP contribution is -2.35. The minimum absolute atomic E-state index is 0.201. The highest BCUT2D eigenvalue weighted by Crippen LogP contribution is 2.49. The molecule has 2 atom stereocenters. The number of aromatic nitrogens is 4. The molecule has 0 amide bonds. The molecule has 7 heteroatoms. The second-order valence-corrected chi connectivity index (χ2v) is 7.28. The van der Waals surface area contributed by atoms with Crippen LogP contribution in [0.2, 0.25) is 0 Å². The van der Waals surface area contributed by atoms with Crippen molar-refractivity contribution in [3.05, 3.63) is 42.5 Å². The number of anilines is 1. The molecule has 2 aliphatic rings. The van der Waals surface area contributed by atoms with Crippen LogP contribution >= 0.6 is 0 Å². The first-order chi connectivity index (χ1) is 12.7. The standard InChI is InChI=1S/C19H19N5O2/c25-18(26)19-10-4-7-14(19)11-23(12-19)16-9-8-15-20-21-17(24(15)22-16)13-5-2-1-3-6-13/h1-3,5-6,8-9,14H,4,7,10-12H2,(H,25,26)/t14-,19+/m0/s1. The molecular formula is C19H19N5O2. The first-order valence-electron chi connectivity index (χ1n) is 8.94. The Bertz CT molecular complexity index is 986. The molecule has 0 unspecified atom stereocenters. The SMILES string of the molecule is O=C(O)[C@@]12CCC[C@H]1CN(c1ccc3nnc(-c4ccccc4)n3n1)C2.